The van der Waals surface area contributed by atoms with Gasteiger partial charge in [0.05, 0.1) is 12.9 Å². The van der Waals surface area contributed by atoms with Crippen LogP contribution in [0.1, 0.15) is 49.6 Å². The minimum absolute atomic E-state index is 0.132. The summed E-state index contributed by atoms with van der Waals surface area (Å²) in [5.41, 5.74) is 3.57. The minimum Gasteiger partial charge on any atom is -0.449 e. The van der Waals surface area contributed by atoms with Gasteiger partial charge in [-0.1, -0.05) is 45.4 Å². The lowest BCUT2D eigenvalue weighted by Gasteiger charge is -2.11. The second-order valence-corrected chi connectivity index (χ2v) is 11.5. The van der Waals surface area contributed by atoms with Crippen LogP contribution in [0, 0.1) is 12.8 Å². The SMILES string of the molecule is CCCCOC(=O)NS(=O)(=O)c1sc(CC(C)C)cc1-c1ccc(Cn2ccnc2)c(C)c1. The maximum Gasteiger partial charge on any atom is 0.421 e. The van der Waals surface area contributed by atoms with Gasteiger partial charge in [-0.15, -0.1) is 11.3 Å². The van der Waals surface area contributed by atoms with Crippen molar-refractivity contribution in [2.24, 2.45) is 5.92 Å². The van der Waals surface area contributed by atoms with Crippen LogP contribution in [0.25, 0.3) is 11.1 Å². The third kappa shape index (κ3) is 6.68. The van der Waals surface area contributed by atoms with Crippen LogP contribution in [0.15, 0.2) is 47.2 Å². The Morgan fingerprint density at radius 1 is 1.27 bits per heavy atom. The van der Waals surface area contributed by atoms with Gasteiger partial charge in [-0.2, -0.15) is 0 Å². The molecule has 0 aliphatic rings. The number of nitrogens with zero attached hydrogens (tertiary/aromatic N) is 2. The van der Waals surface area contributed by atoms with Gasteiger partial charge < -0.3 is 9.30 Å². The highest BCUT2D eigenvalue weighted by molar-refractivity contribution is 7.92. The molecule has 33 heavy (non-hydrogen) atoms. The van der Waals surface area contributed by atoms with Crippen molar-refractivity contribution in [3.8, 4) is 11.1 Å². The minimum atomic E-state index is -4.07. The van der Waals surface area contributed by atoms with Gasteiger partial charge in [0.25, 0.3) is 10.0 Å². The standard InChI is InChI=1S/C24H31N3O4S2/c1-5-6-11-31-24(28)26-33(29,30)23-22(14-21(32-23)12-17(2)3)19-7-8-20(18(4)13-19)15-27-10-9-25-16-27/h7-10,13-14,16-17H,5-6,11-12,15H2,1-4H3,(H,26,28). The molecule has 0 unspecified atom stereocenters. The molecule has 0 atom stereocenters. The molecule has 9 heteroatoms. The summed E-state index contributed by atoms with van der Waals surface area (Å²) in [7, 11) is -4.07. The molecule has 0 bridgehead atoms. The number of aromatic nitrogens is 2. The van der Waals surface area contributed by atoms with E-state index < -0.39 is 16.1 Å². The number of imidazole rings is 1. The first-order chi connectivity index (χ1) is 15.7. The van der Waals surface area contributed by atoms with Crippen molar-refractivity contribution in [1.82, 2.24) is 14.3 Å². The lowest BCUT2D eigenvalue weighted by Crippen LogP contribution is -2.31. The molecule has 1 amide bonds. The van der Waals surface area contributed by atoms with Crippen molar-refractivity contribution in [3.05, 3.63) is 59.0 Å². The van der Waals surface area contributed by atoms with Crippen LogP contribution >= 0.6 is 11.3 Å². The third-order valence-electron chi connectivity index (χ3n) is 5.12. The predicted octanol–water partition coefficient (Wildman–Crippen LogP) is 5.38. The maximum atomic E-state index is 13.1. The molecular formula is C24H31N3O4S2. The number of sulfonamides is 1. The van der Waals surface area contributed by atoms with Crippen LogP contribution in [0.3, 0.4) is 0 Å². The number of hydrogen-bond acceptors (Lipinski definition) is 6. The molecule has 0 saturated carbocycles. The highest BCUT2D eigenvalue weighted by Crippen LogP contribution is 2.37. The molecule has 2 heterocycles. The van der Waals surface area contributed by atoms with Gasteiger partial charge >= 0.3 is 6.09 Å². The number of benzene rings is 1. The zero-order valence-corrected chi connectivity index (χ0v) is 21.1. The Labute approximate surface area is 199 Å². The van der Waals surface area contributed by atoms with Gasteiger partial charge in [0.15, 0.2) is 0 Å². The third-order valence-corrected chi connectivity index (χ3v) is 8.12. The van der Waals surface area contributed by atoms with Crippen LogP contribution in [-0.4, -0.2) is 30.7 Å². The number of amides is 1. The fourth-order valence-electron chi connectivity index (χ4n) is 3.44. The number of ether oxygens (including phenoxy) is 1. The van der Waals surface area contributed by atoms with Crippen LogP contribution in [-0.2, 0) is 27.7 Å². The van der Waals surface area contributed by atoms with E-state index >= 15 is 0 Å². The Hall–Kier alpha value is -2.65. The lowest BCUT2D eigenvalue weighted by atomic mass is 10.0. The van der Waals surface area contributed by atoms with E-state index in [4.69, 9.17) is 4.74 Å². The van der Waals surface area contributed by atoms with E-state index in [1.165, 1.54) is 11.3 Å². The molecule has 0 aliphatic heterocycles. The summed E-state index contributed by atoms with van der Waals surface area (Å²) in [6, 6.07) is 7.85. The molecule has 0 saturated heterocycles. The molecular weight excluding hydrogens is 458 g/mol. The normalized spacial score (nSPS) is 11.7. The molecule has 3 aromatic rings. The van der Waals surface area contributed by atoms with Crippen molar-refractivity contribution in [1.29, 1.82) is 0 Å². The number of rotatable bonds is 10. The fraction of sp³-hybridized carbons (Fsp3) is 0.417. The van der Waals surface area contributed by atoms with E-state index in [0.29, 0.717) is 24.4 Å². The van der Waals surface area contributed by atoms with E-state index in [1.807, 2.05) is 48.9 Å². The quantitative estimate of drug-likeness (QED) is 0.386. The highest BCUT2D eigenvalue weighted by Gasteiger charge is 2.26. The van der Waals surface area contributed by atoms with E-state index in [1.54, 1.807) is 12.5 Å². The first-order valence-corrected chi connectivity index (χ1v) is 13.4. The summed E-state index contributed by atoms with van der Waals surface area (Å²) < 4.78 is 35.4. The number of nitrogens with one attached hydrogen (secondary N) is 1. The molecule has 3 rings (SSSR count). The zero-order valence-electron chi connectivity index (χ0n) is 19.5. The number of aryl methyl sites for hydroxylation is 1. The Morgan fingerprint density at radius 3 is 2.70 bits per heavy atom. The molecule has 1 aromatic carbocycles. The first-order valence-electron chi connectivity index (χ1n) is 11.1. The average Bonchev–Trinajstić information content (AvgIpc) is 3.39. The number of carbonyl (C=O) groups excluding carboxylic acids is 1. The summed E-state index contributed by atoms with van der Waals surface area (Å²) in [5, 5.41) is 0. The summed E-state index contributed by atoms with van der Waals surface area (Å²) in [4.78, 5) is 17.1. The predicted molar refractivity (Wildman–Crippen MR) is 131 cm³/mol. The number of thiophene rings is 1. The van der Waals surface area contributed by atoms with Crippen molar-refractivity contribution in [2.45, 2.75) is 57.7 Å². The lowest BCUT2D eigenvalue weighted by molar-refractivity contribution is 0.151. The highest BCUT2D eigenvalue weighted by atomic mass is 32.2. The summed E-state index contributed by atoms with van der Waals surface area (Å²) >= 11 is 1.20. The van der Waals surface area contributed by atoms with Gasteiger partial charge in [-0.05, 0) is 48.4 Å². The molecule has 0 radical (unpaired) electrons. The van der Waals surface area contributed by atoms with Crippen molar-refractivity contribution in [3.63, 3.8) is 0 Å². The Kier molecular flexibility index (Phi) is 8.31. The number of carbonyl (C=O) groups is 1. The van der Waals surface area contributed by atoms with E-state index in [9.17, 15) is 13.2 Å². The van der Waals surface area contributed by atoms with E-state index in [-0.39, 0.29) is 10.8 Å². The first kappa shape index (κ1) is 25.0. The summed E-state index contributed by atoms with van der Waals surface area (Å²) in [6.07, 6.45) is 6.75. The molecule has 178 valence electrons. The van der Waals surface area contributed by atoms with Crippen LogP contribution < -0.4 is 4.72 Å². The maximum absolute atomic E-state index is 13.1. The summed E-state index contributed by atoms with van der Waals surface area (Å²) in [6.45, 7) is 9.03. The second kappa shape index (κ2) is 11.0. The van der Waals surface area contributed by atoms with Crippen molar-refractivity contribution in [2.75, 3.05) is 6.61 Å². The summed E-state index contributed by atoms with van der Waals surface area (Å²) in [5.74, 6) is 0.373. The van der Waals surface area contributed by atoms with E-state index in [0.717, 1.165) is 34.4 Å². The van der Waals surface area contributed by atoms with Gasteiger partial charge in [-0.25, -0.2) is 22.9 Å². The fourth-order valence-corrected chi connectivity index (χ4v) is 6.28. The molecule has 1 N–H and O–H groups in total. The number of hydrogen-bond donors (Lipinski definition) is 1. The van der Waals surface area contributed by atoms with Crippen LogP contribution in [0.2, 0.25) is 0 Å². The monoisotopic (exact) mass is 489 g/mol. The zero-order chi connectivity index (χ0) is 24.0. The molecule has 0 fully saturated rings. The topological polar surface area (TPSA) is 90.3 Å². The molecule has 2 aromatic heterocycles. The van der Waals surface area contributed by atoms with Crippen LogP contribution in [0.5, 0.6) is 0 Å². The van der Waals surface area contributed by atoms with Gasteiger partial charge in [0.1, 0.15) is 4.21 Å². The van der Waals surface area contributed by atoms with Gasteiger partial charge in [-0.3, -0.25) is 0 Å². The van der Waals surface area contributed by atoms with E-state index in [2.05, 4.69) is 23.6 Å². The largest absolute Gasteiger partial charge is 0.449 e. The number of unbranched alkanes of at least 4 members (excludes halogenated alkanes) is 1. The van der Waals surface area contributed by atoms with Crippen LogP contribution in [0.4, 0.5) is 4.79 Å². The second-order valence-electron chi connectivity index (χ2n) is 8.48. The van der Waals surface area contributed by atoms with Crippen molar-refractivity contribution >= 4 is 27.5 Å². The van der Waals surface area contributed by atoms with Gasteiger partial charge in [0, 0.05) is 29.4 Å². The van der Waals surface area contributed by atoms with Crippen molar-refractivity contribution < 1.29 is 17.9 Å². The Bertz CT molecular complexity index is 1180. The average molecular weight is 490 g/mol. The molecule has 0 aliphatic carbocycles. The smallest absolute Gasteiger partial charge is 0.421 e. The molecule has 7 nitrogen and oxygen atoms in total. The molecule has 0 spiro atoms. The Balaban J connectivity index is 1.93. The van der Waals surface area contributed by atoms with Gasteiger partial charge in [0.2, 0.25) is 0 Å². The Morgan fingerprint density at radius 2 is 2.06 bits per heavy atom.